The van der Waals surface area contributed by atoms with Crippen molar-refractivity contribution in [2.24, 2.45) is 0 Å². The van der Waals surface area contributed by atoms with Gasteiger partial charge >= 0.3 is 0 Å². The molecule has 0 spiro atoms. The maximum Gasteiger partial charge on any atom is 0.253 e. The summed E-state index contributed by atoms with van der Waals surface area (Å²) in [5, 5.41) is 20.4. The summed E-state index contributed by atoms with van der Waals surface area (Å²) in [7, 11) is 0. The number of hydrogen-bond acceptors (Lipinski definition) is 4. The minimum absolute atomic E-state index is 0.134. The molecule has 3 N–H and O–H groups in total. The van der Waals surface area contributed by atoms with Gasteiger partial charge in [0.2, 0.25) is 0 Å². The highest BCUT2D eigenvalue weighted by molar-refractivity contribution is 5.08. The minimum atomic E-state index is -0.204. The first-order valence-electron chi connectivity index (χ1n) is 3.07. The lowest BCUT2D eigenvalue weighted by atomic mass is 10.5. The van der Waals surface area contributed by atoms with Crippen LogP contribution in [0.15, 0.2) is 24.2 Å². The van der Waals surface area contributed by atoms with Gasteiger partial charge in [-0.05, 0) is 6.92 Å². The van der Waals surface area contributed by atoms with Gasteiger partial charge in [-0.25, -0.2) is 0 Å². The van der Waals surface area contributed by atoms with Gasteiger partial charge in [0.05, 0.1) is 0 Å². The number of aliphatic hydroxyl groups excluding tert-OH is 2. The smallest absolute Gasteiger partial charge is 0.253 e. The second kappa shape index (κ2) is 2.51. The van der Waals surface area contributed by atoms with E-state index in [0.29, 0.717) is 6.54 Å². The highest BCUT2D eigenvalue weighted by atomic mass is 16.3. The van der Waals surface area contributed by atoms with Gasteiger partial charge in [-0.15, -0.1) is 0 Å². The molecule has 0 atom stereocenters. The molecule has 0 radical (unpaired) electrons. The highest BCUT2D eigenvalue weighted by Gasteiger charge is 2.11. The SMILES string of the molecule is CCN1C=CNC(O)=C1O. The quantitative estimate of drug-likeness (QED) is 0.502. The molecule has 0 aromatic carbocycles. The van der Waals surface area contributed by atoms with Crippen molar-refractivity contribution in [2.75, 3.05) is 6.54 Å². The third-order valence-electron chi connectivity index (χ3n) is 1.30. The summed E-state index contributed by atoms with van der Waals surface area (Å²) in [6.45, 7) is 2.51. The van der Waals surface area contributed by atoms with E-state index in [0.717, 1.165) is 0 Å². The number of hydrogen-bond donors (Lipinski definition) is 3. The molecule has 0 aromatic heterocycles. The lowest BCUT2D eigenvalue weighted by Crippen LogP contribution is -2.26. The molecule has 1 rings (SSSR count). The summed E-state index contributed by atoms with van der Waals surface area (Å²) in [5.74, 6) is -0.339. The van der Waals surface area contributed by atoms with Crippen molar-refractivity contribution in [1.82, 2.24) is 10.2 Å². The summed E-state index contributed by atoms with van der Waals surface area (Å²) in [4.78, 5) is 1.52. The van der Waals surface area contributed by atoms with E-state index in [1.54, 1.807) is 12.4 Å². The zero-order chi connectivity index (χ0) is 7.56. The fourth-order valence-corrected chi connectivity index (χ4v) is 0.733. The Bertz CT molecular complexity index is 186. The van der Waals surface area contributed by atoms with Gasteiger partial charge in [-0.2, -0.15) is 0 Å². The first kappa shape index (κ1) is 6.80. The molecule has 0 saturated heterocycles. The van der Waals surface area contributed by atoms with Crippen LogP contribution in [0.25, 0.3) is 0 Å². The van der Waals surface area contributed by atoms with Crippen LogP contribution in [0.3, 0.4) is 0 Å². The monoisotopic (exact) mass is 142 g/mol. The van der Waals surface area contributed by atoms with Crippen LogP contribution in [0.2, 0.25) is 0 Å². The maximum absolute atomic E-state index is 9.08. The maximum atomic E-state index is 9.08. The van der Waals surface area contributed by atoms with E-state index in [2.05, 4.69) is 5.32 Å². The van der Waals surface area contributed by atoms with E-state index in [1.807, 2.05) is 6.92 Å². The Morgan fingerprint density at radius 2 is 2.30 bits per heavy atom. The van der Waals surface area contributed by atoms with Crippen molar-refractivity contribution in [3.05, 3.63) is 24.2 Å². The van der Waals surface area contributed by atoms with Gasteiger partial charge in [-0.3, -0.25) is 0 Å². The van der Waals surface area contributed by atoms with Crippen molar-refractivity contribution < 1.29 is 10.2 Å². The van der Waals surface area contributed by atoms with Crippen LogP contribution in [-0.2, 0) is 0 Å². The first-order valence-corrected chi connectivity index (χ1v) is 3.07. The van der Waals surface area contributed by atoms with Gasteiger partial charge in [-0.1, -0.05) is 0 Å². The van der Waals surface area contributed by atoms with E-state index >= 15 is 0 Å². The van der Waals surface area contributed by atoms with E-state index in [1.165, 1.54) is 4.90 Å². The largest absolute Gasteiger partial charge is 0.491 e. The highest BCUT2D eigenvalue weighted by Crippen LogP contribution is 2.07. The summed E-state index contributed by atoms with van der Waals surface area (Å²) in [6.07, 6.45) is 3.20. The predicted octanol–water partition coefficient (Wildman–Crippen LogP) is 0.625. The number of nitrogens with zero attached hydrogens (tertiary/aromatic N) is 1. The van der Waals surface area contributed by atoms with Crippen molar-refractivity contribution in [3.8, 4) is 0 Å². The fraction of sp³-hybridized carbons (Fsp3) is 0.333. The molecule has 56 valence electrons. The molecule has 0 bridgehead atoms. The first-order chi connectivity index (χ1) is 4.75. The van der Waals surface area contributed by atoms with Gasteiger partial charge < -0.3 is 20.4 Å². The minimum Gasteiger partial charge on any atom is -0.491 e. The molecule has 4 heteroatoms. The van der Waals surface area contributed by atoms with E-state index in [9.17, 15) is 0 Å². The Hall–Kier alpha value is -1.32. The molecule has 4 nitrogen and oxygen atoms in total. The van der Waals surface area contributed by atoms with Crippen LogP contribution >= 0.6 is 0 Å². The second-order valence-corrected chi connectivity index (χ2v) is 1.92. The Morgan fingerprint density at radius 1 is 1.60 bits per heavy atom. The Labute approximate surface area is 59.1 Å². The van der Waals surface area contributed by atoms with E-state index < -0.39 is 0 Å². The topological polar surface area (TPSA) is 55.7 Å². The molecule has 1 aliphatic heterocycles. The molecule has 10 heavy (non-hydrogen) atoms. The number of nitrogens with one attached hydrogen (secondary N) is 1. The van der Waals surface area contributed by atoms with Crippen molar-refractivity contribution >= 4 is 0 Å². The van der Waals surface area contributed by atoms with Crippen LogP contribution in [0.5, 0.6) is 0 Å². The van der Waals surface area contributed by atoms with E-state index in [-0.39, 0.29) is 11.8 Å². The summed E-state index contributed by atoms with van der Waals surface area (Å²) < 4.78 is 0. The lowest BCUT2D eigenvalue weighted by molar-refractivity contribution is 0.203. The normalized spacial score (nSPS) is 17.5. The standard InChI is InChI=1S/C6H10N2O2/c1-2-8-4-3-7-5(9)6(8)10/h3-4,7,9-10H,2H2,1H3. The van der Waals surface area contributed by atoms with Crippen LogP contribution in [-0.4, -0.2) is 21.7 Å². The van der Waals surface area contributed by atoms with Gasteiger partial charge in [0.1, 0.15) is 0 Å². The zero-order valence-electron chi connectivity index (χ0n) is 5.70. The summed E-state index contributed by atoms with van der Waals surface area (Å²) >= 11 is 0. The fourth-order valence-electron chi connectivity index (χ4n) is 0.733. The van der Waals surface area contributed by atoms with Crippen molar-refractivity contribution in [1.29, 1.82) is 0 Å². The second-order valence-electron chi connectivity index (χ2n) is 1.92. The molecule has 1 heterocycles. The zero-order valence-corrected chi connectivity index (χ0v) is 5.70. The van der Waals surface area contributed by atoms with Gasteiger partial charge in [0.15, 0.2) is 0 Å². The third kappa shape index (κ3) is 1.00. The third-order valence-corrected chi connectivity index (χ3v) is 1.30. The lowest BCUT2D eigenvalue weighted by Gasteiger charge is -2.20. The molecule has 0 amide bonds. The average molecular weight is 142 g/mol. The van der Waals surface area contributed by atoms with Crippen molar-refractivity contribution in [2.45, 2.75) is 6.92 Å². The average Bonchev–Trinajstić information content (AvgIpc) is 1.95. The molecule has 0 unspecified atom stereocenters. The van der Waals surface area contributed by atoms with Gasteiger partial charge in [0.25, 0.3) is 11.8 Å². The van der Waals surface area contributed by atoms with Crippen LogP contribution < -0.4 is 5.32 Å². The molecule has 0 aromatic rings. The molecule has 1 aliphatic rings. The van der Waals surface area contributed by atoms with E-state index in [4.69, 9.17) is 10.2 Å². The Kier molecular flexibility index (Phi) is 1.71. The van der Waals surface area contributed by atoms with Crippen LogP contribution in [0, 0.1) is 0 Å². The van der Waals surface area contributed by atoms with Crippen molar-refractivity contribution in [3.63, 3.8) is 0 Å². The summed E-state index contributed by atoms with van der Waals surface area (Å²) in [6, 6.07) is 0. The van der Waals surface area contributed by atoms with Crippen LogP contribution in [0.1, 0.15) is 6.92 Å². The Morgan fingerprint density at radius 3 is 2.80 bits per heavy atom. The molecular formula is C6H10N2O2. The van der Waals surface area contributed by atoms with Gasteiger partial charge in [0, 0.05) is 18.9 Å². The predicted molar refractivity (Wildman–Crippen MR) is 36.9 cm³/mol. The molecule has 0 aliphatic carbocycles. The van der Waals surface area contributed by atoms with Crippen LogP contribution in [0.4, 0.5) is 0 Å². The molecule has 0 fully saturated rings. The Balaban J connectivity index is 2.75. The molecular weight excluding hydrogens is 132 g/mol. The number of rotatable bonds is 1. The number of aliphatic hydroxyl groups is 2. The molecule has 0 saturated carbocycles. The summed E-state index contributed by atoms with van der Waals surface area (Å²) in [5.41, 5.74) is 0.